The molecule has 1 aliphatic rings. The van der Waals surface area contributed by atoms with Crippen LogP contribution in [0.5, 0.6) is 6.01 Å². The predicted molar refractivity (Wildman–Crippen MR) is 60.9 cm³/mol. The smallest absolute Gasteiger partial charge is 0.329 e. The largest absolute Gasteiger partial charge is 0.466 e. The molecule has 88 valence electrons. The summed E-state index contributed by atoms with van der Waals surface area (Å²) in [4.78, 5) is 15.5. The fraction of sp³-hybridized carbons (Fsp3) is 0.667. The van der Waals surface area contributed by atoms with E-state index >= 15 is 0 Å². The van der Waals surface area contributed by atoms with E-state index in [0.717, 1.165) is 24.4 Å². The van der Waals surface area contributed by atoms with Crippen LogP contribution in [0.15, 0.2) is 0 Å². The summed E-state index contributed by atoms with van der Waals surface area (Å²) in [7, 11) is 1.49. The Bertz CT molecular complexity index is 362. The monoisotopic (exact) mass is 242 g/mol. The van der Waals surface area contributed by atoms with Crippen molar-refractivity contribution < 1.29 is 9.53 Å². The van der Waals surface area contributed by atoms with E-state index in [9.17, 15) is 4.79 Å². The third-order valence-corrected chi connectivity index (χ3v) is 3.11. The normalized spacial score (nSPS) is 16.1. The number of hydrogen-bond acceptors (Lipinski definition) is 5. The van der Waals surface area contributed by atoms with E-state index in [2.05, 4.69) is 20.0 Å². The van der Waals surface area contributed by atoms with Crippen LogP contribution in [0.3, 0.4) is 0 Å². The summed E-state index contributed by atoms with van der Waals surface area (Å²) in [6, 6.07) is 0.363. The third-order valence-electron chi connectivity index (χ3n) is 2.50. The highest BCUT2D eigenvalue weighted by Crippen LogP contribution is 2.18. The molecule has 2 amide bonds. The summed E-state index contributed by atoms with van der Waals surface area (Å²) in [5.74, 6) is 0. The molecule has 0 radical (unpaired) electrons. The van der Waals surface area contributed by atoms with Crippen molar-refractivity contribution >= 4 is 22.7 Å². The lowest BCUT2D eigenvalue weighted by Gasteiger charge is -2.10. The summed E-state index contributed by atoms with van der Waals surface area (Å²) in [6.45, 7) is 0. The Morgan fingerprint density at radius 3 is 2.88 bits per heavy atom. The molecule has 0 bridgehead atoms. The van der Waals surface area contributed by atoms with Gasteiger partial charge in [-0.15, -0.1) is 4.37 Å². The van der Waals surface area contributed by atoms with E-state index in [1.807, 2.05) is 0 Å². The first-order valence-corrected chi connectivity index (χ1v) is 6.00. The van der Waals surface area contributed by atoms with Crippen LogP contribution in [0.1, 0.15) is 25.7 Å². The Labute approximate surface area is 97.6 Å². The molecule has 1 aromatic heterocycles. The van der Waals surface area contributed by atoms with E-state index < -0.39 is 0 Å². The van der Waals surface area contributed by atoms with E-state index in [0.29, 0.717) is 11.2 Å². The second kappa shape index (κ2) is 5.11. The molecule has 1 saturated carbocycles. The zero-order valence-corrected chi connectivity index (χ0v) is 9.84. The Morgan fingerprint density at radius 1 is 1.50 bits per heavy atom. The molecule has 1 heterocycles. The number of carbonyl (C=O) groups excluding carboxylic acids is 1. The topological polar surface area (TPSA) is 76.1 Å². The second-order valence-electron chi connectivity index (χ2n) is 3.67. The van der Waals surface area contributed by atoms with Gasteiger partial charge in [0, 0.05) is 17.6 Å². The first-order valence-electron chi connectivity index (χ1n) is 5.23. The molecule has 7 heteroatoms. The lowest BCUT2D eigenvalue weighted by molar-refractivity contribution is 0.248. The zero-order valence-electron chi connectivity index (χ0n) is 9.02. The molecule has 0 spiro atoms. The van der Waals surface area contributed by atoms with Crippen LogP contribution in [0.2, 0.25) is 0 Å². The van der Waals surface area contributed by atoms with E-state index in [1.165, 1.54) is 20.0 Å². The number of nitrogens with zero attached hydrogens (tertiary/aromatic N) is 2. The van der Waals surface area contributed by atoms with Gasteiger partial charge in [-0.25, -0.2) is 4.79 Å². The minimum Gasteiger partial charge on any atom is -0.466 e. The Morgan fingerprint density at radius 2 is 2.25 bits per heavy atom. The van der Waals surface area contributed by atoms with E-state index in [-0.39, 0.29) is 12.0 Å². The highest BCUT2D eigenvalue weighted by Gasteiger charge is 2.17. The van der Waals surface area contributed by atoms with Crippen LogP contribution in [0, 0.1) is 0 Å². The van der Waals surface area contributed by atoms with Crippen molar-refractivity contribution in [1.82, 2.24) is 14.7 Å². The molecule has 2 N–H and O–H groups in total. The molecular weight excluding hydrogens is 228 g/mol. The number of nitrogens with one attached hydrogen (secondary N) is 2. The van der Waals surface area contributed by atoms with Gasteiger partial charge < -0.3 is 10.1 Å². The maximum atomic E-state index is 11.5. The average Bonchev–Trinajstić information content (AvgIpc) is 2.89. The van der Waals surface area contributed by atoms with Gasteiger partial charge in [0.05, 0.1) is 7.11 Å². The van der Waals surface area contributed by atoms with Crippen molar-refractivity contribution in [1.29, 1.82) is 0 Å². The first-order chi connectivity index (χ1) is 7.78. The van der Waals surface area contributed by atoms with Crippen LogP contribution in [0.25, 0.3) is 0 Å². The maximum absolute atomic E-state index is 11.5. The van der Waals surface area contributed by atoms with Crippen molar-refractivity contribution in [2.45, 2.75) is 31.7 Å². The number of carbonyl (C=O) groups is 1. The van der Waals surface area contributed by atoms with Crippen LogP contribution in [-0.2, 0) is 0 Å². The van der Waals surface area contributed by atoms with Crippen molar-refractivity contribution in [2.24, 2.45) is 0 Å². The van der Waals surface area contributed by atoms with Crippen LogP contribution in [-0.4, -0.2) is 28.5 Å². The fourth-order valence-corrected chi connectivity index (χ4v) is 2.27. The highest BCUT2D eigenvalue weighted by molar-refractivity contribution is 7.10. The second-order valence-corrected chi connectivity index (χ2v) is 4.42. The molecule has 0 unspecified atom stereocenters. The number of rotatable bonds is 3. The SMILES string of the molecule is COc1nsc(NC(=O)NC2CCCC2)n1. The standard InChI is InChI=1S/C9H14N4O2S/c1-15-8-12-9(16-13-8)11-7(14)10-6-4-2-3-5-6/h6H,2-5H2,1H3,(H2,10,11,12,13,14). The van der Waals surface area contributed by atoms with Gasteiger partial charge >= 0.3 is 12.0 Å². The highest BCUT2D eigenvalue weighted by atomic mass is 32.1. The molecular formula is C9H14N4O2S. The molecule has 1 aromatic rings. The number of ether oxygens (including phenoxy) is 1. The molecule has 6 nitrogen and oxygen atoms in total. The molecule has 2 rings (SSSR count). The number of aromatic nitrogens is 2. The minimum absolute atomic E-state index is 0.217. The maximum Gasteiger partial charge on any atom is 0.329 e. The average molecular weight is 242 g/mol. The molecule has 0 aliphatic heterocycles. The molecule has 0 atom stereocenters. The number of methoxy groups -OCH3 is 1. The van der Waals surface area contributed by atoms with Gasteiger partial charge in [0.2, 0.25) is 5.13 Å². The number of hydrogen-bond donors (Lipinski definition) is 2. The zero-order chi connectivity index (χ0) is 11.4. The molecule has 16 heavy (non-hydrogen) atoms. The summed E-state index contributed by atoms with van der Waals surface area (Å²) >= 11 is 1.10. The van der Waals surface area contributed by atoms with Gasteiger partial charge in [-0.1, -0.05) is 12.8 Å². The number of anilines is 1. The van der Waals surface area contributed by atoms with Crippen molar-refractivity contribution in [3.63, 3.8) is 0 Å². The van der Waals surface area contributed by atoms with Gasteiger partial charge in [0.25, 0.3) is 0 Å². The van der Waals surface area contributed by atoms with Crippen LogP contribution >= 0.6 is 11.5 Å². The summed E-state index contributed by atoms with van der Waals surface area (Å²) in [5, 5.41) is 5.99. The van der Waals surface area contributed by atoms with Gasteiger partial charge in [-0.2, -0.15) is 4.98 Å². The van der Waals surface area contributed by atoms with E-state index in [1.54, 1.807) is 0 Å². The summed E-state index contributed by atoms with van der Waals surface area (Å²) in [5.41, 5.74) is 0. The van der Waals surface area contributed by atoms with Crippen LogP contribution < -0.4 is 15.4 Å². The Kier molecular flexibility index (Phi) is 3.55. The lowest BCUT2D eigenvalue weighted by atomic mass is 10.3. The number of urea groups is 1. The third kappa shape index (κ3) is 2.82. The Balaban J connectivity index is 1.81. The lowest BCUT2D eigenvalue weighted by Crippen LogP contribution is -2.36. The van der Waals surface area contributed by atoms with Gasteiger partial charge in [-0.05, 0) is 12.8 Å². The quantitative estimate of drug-likeness (QED) is 0.844. The molecule has 0 saturated heterocycles. The molecule has 0 aromatic carbocycles. The van der Waals surface area contributed by atoms with Crippen LogP contribution in [0.4, 0.5) is 9.93 Å². The Hall–Kier alpha value is -1.37. The van der Waals surface area contributed by atoms with Gasteiger partial charge in [0.1, 0.15) is 0 Å². The van der Waals surface area contributed by atoms with Gasteiger partial charge in [-0.3, -0.25) is 5.32 Å². The van der Waals surface area contributed by atoms with Crippen molar-refractivity contribution in [3.8, 4) is 6.01 Å². The van der Waals surface area contributed by atoms with Gasteiger partial charge in [0.15, 0.2) is 0 Å². The predicted octanol–water partition coefficient (Wildman–Crippen LogP) is 1.61. The fourth-order valence-electron chi connectivity index (χ4n) is 1.73. The molecule has 1 aliphatic carbocycles. The first kappa shape index (κ1) is 11.1. The van der Waals surface area contributed by atoms with Crippen molar-refractivity contribution in [2.75, 3.05) is 12.4 Å². The molecule has 1 fully saturated rings. The summed E-state index contributed by atoms with van der Waals surface area (Å²) < 4.78 is 8.71. The van der Waals surface area contributed by atoms with E-state index in [4.69, 9.17) is 4.74 Å². The minimum atomic E-state index is -0.217. The summed E-state index contributed by atoms with van der Waals surface area (Å²) in [6.07, 6.45) is 4.51. The number of amides is 2. The van der Waals surface area contributed by atoms with Crippen molar-refractivity contribution in [3.05, 3.63) is 0 Å².